The van der Waals surface area contributed by atoms with Gasteiger partial charge in [-0.2, -0.15) is 0 Å². The fourth-order valence-electron chi connectivity index (χ4n) is 1.99. The van der Waals surface area contributed by atoms with E-state index >= 15 is 0 Å². The van der Waals surface area contributed by atoms with E-state index < -0.39 is 29.6 Å². The average Bonchev–Trinajstić information content (AvgIpc) is 2.42. The van der Waals surface area contributed by atoms with Crippen LogP contribution in [-0.2, 0) is 4.74 Å². The molecular weight excluding hydrogens is 282 g/mol. The van der Waals surface area contributed by atoms with E-state index in [4.69, 9.17) is 4.74 Å². The van der Waals surface area contributed by atoms with Crippen molar-refractivity contribution >= 4 is 11.9 Å². The van der Waals surface area contributed by atoms with E-state index in [1.165, 1.54) is 0 Å². The first-order valence-electron chi connectivity index (χ1n) is 7.38. The third kappa shape index (κ3) is 5.48. The van der Waals surface area contributed by atoms with Gasteiger partial charge in [-0.3, -0.25) is 4.79 Å². The summed E-state index contributed by atoms with van der Waals surface area (Å²) >= 11 is 0. The summed E-state index contributed by atoms with van der Waals surface area (Å²) in [7, 11) is 0. The maximum atomic E-state index is 12.3. The summed E-state index contributed by atoms with van der Waals surface area (Å²) in [6.45, 7) is 8.90. The lowest BCUT2D eigenvalue weighted by molar-refractivity contribution is 0.0364. The van der Waals surface area contributed by atoms with Crippen molar-refractivity contribution in [2.24, 2.45) is 5.92 Å². The topological polar surface area (TPSA) is 75.6 Å². The predicted octanol–water partition coefficient (Wildman–Crippen LogP) is 2.78. The molecule has 0 saturated carbocycles. The normalized spacial score (nSPS) is 14.3. The molecule has 0 aliphatic heterocycles. The SMILES string of the molecule is CC(C)[C@@H](NC(=O)OC(C)(C)C)[C@H](O)C(=O)c1ccccc1. The van der Waals surface area contributed by atoms with E-state index in [0.717, 1.165) is 0 Å². The van der Waals surface area contributed by atoms with Crippen molar-refractivity contribution in [2.75, 3.05) is 0 Å². The molecule has 5 nitrogen and oxygen atoms in total. The molecule has 0 spiro atoms. The Bertz CT molecular complexity index is 505. The summed E-state index contributed by atoms with van der Waals surface area (Å²) in [4.78, 5) is 24.2. The quantitative estimate of drug-likeness (QED) is 0.820. The minimum absolute atomic E-state index is 0.129. The molecule has 1 amide bonds. The Morgan fingerprint density at radius 1 is 1.14 bits per heavy atom. The first-order valence-corrected chi connectivity index (χ1v) is 7.38. The van der Waals surface area contributed by atoms with Gasteiger partial charge < -0.3 is 15.2 Å². The maximum Gasteiger partial charge on any atom is 0.407 e. The summed E-state index contributed by atoms with van der Waals surface area (Å²) in [5.41, 5.74) is -0.230. The molecule has 0 unspecified atom stereocenters. The predicted molar refractivity (Wildman–Crippen MR) is 84.8 cm³/mol. The van der Waals surface area contributed by atoms with Gasteiger partial charge >= 0.3 is 6.09 Å². The number of ketones is 1. The second-order valence-corrected chi connectivity index (χ2v) is 6.59. The minimum Gasteiger partial charge on any atom is -0.444 e. The zero-order valence-corrected chi connectivity index (χ0v) is 13.8. The molecule has 0 aliphatic rings. The second-order valence-electron chi connectivity index (χ2n) is 6.59. The van der Waals surface area contributed by atoms with Gasteiger partial charge in [0.25, 0.3) is 0 Å². The van der Waals surface area contributed by atoms with Gasteiger partial charge in [-0.1, -0.05) is 44.2 Å². The molecule has 0 heterocycles. The van der Waals surface area contributed by atoms with Crippen LogP contribution in [0.5, 0.6) is 0 Å². The van der Waals surface area contributed by atoms with Crippen molar-refractivity contribution < 1.29 is 19.4 Å². The molecule has 0 aromatic heterocycles. The molecule has 1 aromatic rings. The fraction of sp³-hybridized carbons (Fsp3) is 0.529. The number of aliphatic hydroxyl groups excluding tert-OH is 1. The summed E-state index contributed by atoms with van der Waals surface area (Å²) in [5, 5.41) is 12.9. The zero-order chi connectivity index (χ0) is 16.9. The Labute approximate surface area is 131 Å². The van der Waals surface area contributed by atoms with E-state index in [9.17, 15) is 14.7 Å². The lowest BCUT2D eigenvalue weighted by Gasteiger charge is -2.28. The second kappa shape index (κ2) is 7.40. The van der Waals surface area contributed by atoms with Crippen LogP contribution in [0.4, 0.5) is 4.79 Å². The van der Waals surface area contributed by atoms with Crippen LogP contribution in [0, 0.1) is 5.92 Å². The molecule has 22 heavy (non-hydrogen) atoms. The van der Waals surface area contributed by atoms with Crippen LogP contribution in [0.1, 0.15) is 45.0 Å². The molecule has 0 fully saturated rings. The summed E-state index contributed by atoms with van der Waals surface area (Å²) in [6.07, 6.45) is -1.97. The number of aliphatic hydroxyl groups is 1. The molecule has 0 saturated heterocycles. The summed E-state index contributed by atoms with van der Waals surface area (Å²) in [6, 6.07) is 7.80. The molecule has 1 aromatic carbocycles. The van der Waals surface area contributed by atoms with Crippen molar-refractivity contribution in [1.82, 2.24) is 5.32 Å². The number of carbonyl (C=O) groups is 2. The van der Waals surface area contributed by atoms with E-state index in [2.05, 4.69) is 5.32 Å². The molecule has 5 heteroatoms. The lowest BCUT2D eigenvalue weighted by atomic mass is 9.93. The van der Waals surface area contributed by atoms with Gasteiger partial charge in [0.1, 0.15) is 11.7 Å². The standard InChI is InChI=1S/C17H25NO4/c1-11(2)13(18-16(21)22-17(3,4)5)15(20)14(19)12-9-7-6-8-10-12/h6-11,13,15,20H,1-5H3,(H,18,21)/t13-,15+/m1/s1. The smallest absolute Gasteiger partial charge is 0.407 e. The number of ether oxygens (including phenoxy) is 1. The number of nitrogens with one attached hydrogen (secondary N) is 1. The summed E-state index contributed by atoms with van der Waals surface area (Å²) < 4.78 is 5.18. The Balaban J connectivity index is 2.82. The highest BCUT2D eigenvalue weighted by Crippen LogP contribution is 2.14. The zero-order valence-electron chi connectivity index (χ0n) is 13.8. The Morgan fingerprint density at radius 2 is 1.68 bits per heavy atom. The number of rotatable bonds is 5. The monoisotopic (exact) mass is 307 g/mol. The fourth-order valence-corrected chi connectivity index (χ4v) is 1.99. The van der Waals surface area contributed by atoms with E-state index in [1.54, 1.807) is 51.1 Å². The molecule has 0 radical (unpaired) electrons. The average molecular weight is 307 g/mol. The summed E-state index contributed by atoms with van der Waals surface area (Å²) in [5.74, 6) is -0.550. The van der Waals surface area contributed by atoms with Gasteiger partial charge in [-0.05, 0) is 26.7 Å². The van der Waals surface area contributed by atoms with Gasteiger partial charge in [-0.25, -0.2) is 4.79 Å². The van der Waals surface area contributed by atoms with E-state index in [0.29, 0.717) is 5.56 Å². The van der Waals surface area contributed by atoms with Crippen molar-refractivity contribution in [3.8, 4) is 0 Å². The highest BCUT2D eigenvalue weighted by Gasteiger charge is 2.32. The molecule has 0 bridgehead atoms. The first kappa shape index (κ1) is 18.2. The van der Waals surface area contributed by atoms with Crippen LogP contribution >= 0.6 is 0 Å². The Hall–Kier alpha value is -1.88. The van der Waals surface area contributed by atoms with Gasteiger partial charge in [0.15, 0.2) is 5.78 Å². The van der Waals surface area contributed by atoms with Crippen LogP contribution in [0.3, 0.4) is 0 Å². The number of hydrogen-bond acceptors (Lipinski definition) is 4. The highest BCUT2D eigenvalue weighted by molar-refractivity contribution is 6.00. The molecule has 2 N–H and O–H groups in total. The highest BCUT2D eigenvalue weighted by atomic mass is 16.6. The first-order chi connectivity index (χ1) is 10.1. The molecule has 2 atom stereocenters. The lowest BCUT2D eigenvalue weighted by Crippen LogP contribution is -2.51. The Morgan fingerprint density at radius 3 is 2.14 bits per heavy atom. The number of hydrogen-bond donors (Lipinski definition) is 2. The maximum absolute atomic E-state index is 12.3. The Kier molecular flexibility index (Phi) is 6.11. The van der Waals surface area contributed by atoms with Crippen molar-refractivity contribution in [3.63, 3.8) is 0 Å². The van der Waals surface area contributed by atoms with Crippen LogP contribution in [-0.4, -0.2) is 34.7 Å². The van der Waals surface area contributed by atoms with Crippen LogP contribution in [0.25, 0.3) is 0 Å². The molecular formula is C17H25NO4. The van der Waals surface area contributed by atoms with Gasteiger partial charge in [0.2, 0.25) is 0 Å². The number of alkyl carbamates (subject to hydrolysis) is 1. The minimum atomic E-state index is -1.32. The molecule has 122 valence electrons. The van der Waals surface area contributed by atoms with Gasteiger partial charge in [0.05, 0.1) is 6.04 Å². The number of carbonyl (C=O) groups excluding carboxylic acids is 2. The number of amides is 1. The molecule has 0 aliphatic carbocycles. The van der Waals surface area contributed by atoms with Crippen LogP contribution in [0.2, 0.25) is 0 Å². The number of Topliss-reactive ketones (excluding diaryl/α,β-unsaturated/α-hetero) is 1. The third-order valence-electron chi connectivity index (χ3n) is 3.07. The van der Waals surface area contributed by atoms with Crippen molar-refractivity contribution in [2.45, 2.75) is 52.4 Å². The number of benzene rings is 1. The third-order valence-corrected chi connectivity index (χ3v) is 3.07. The van der Waals surface area contributed by atoms with E-state index in [-0.39, 0.29) is 5.92 Å². The van der Waals surface area contributed by atoms with Gasteiger partial charge in [-0.15, -0.1) is 0 Å². The van der Waals surface area contributed by atoms with Crippen LogP contribution in [0.15, 0.2) is 30.3 Å². The van der Waals surface area contributed by atoms with Gasteiger partial charge in [0, 0.05) is 5.56 Å². The van der Waals surface area contributed by atoms with Crippen molar-refractivity contribution in [1.29, 1.82) is 0 Å². The van der Waals surface area contributed by atoms with E-state index in [1.807, 2.05) is 13.8 Å². The largest absolute Gasteiger partial charge is 0.444 e. The molecule has 1 rings (SSSR count). The van der Waals surface area contributed by atoms with Crippen LogP contribution < -0.4 is 5.32 Å². The van der Waals surface area contributed by atoms with Crippen molar-refractivity contribution in [3.05, 3.63) is 35.9 Å².